The molecule has 1 N–H and O–H groups in total. The van der Waals surface area contributed by atoms with Crippen LogP contribution >= 0.6 is 11.5 Å². The Morgan fingerprint density at radius 2 is 2.39 bits per heavy atom. The molecule has 3 heterocycles. The first kappa shape index (κ1) is 15.9. The predicted molar refractivity (Wildman–Crippen MR) is 89.2 cm³/mol. The summed E-state index contributed by atoms with van der Waals surface area (Å²) in [4.78, 5) is 22.7. The van der Waals surface area contributed by atoms with Gasteiger partial charge in [0, 0.05) is 57.0 Å². The maximum Gasteiger partial charge on any atom is 0.293 e. The highest BCUT2D eigenvalue weighted by molar-refractivity contribution is 7.09. The third-order valence-corrected chi connectivity index (χ3v) is 4.51. The number of nitrogens with one attached hydrogen (secondary N) is 1. The average Bonchev–Trinajstić information content (AvgIpc) is 3.06. The zero-order valence-corrected chi connectivity index (χ0v) is 14.0. The van der Waals surface area contributed by atoms with E-state index in [1.54, 1.807) is 19.4 Å². The molecule has 2 aromatic rings. The van der Waals surface area contributed by atoms with Crippen molar-refractivity contribution in [3.63, 3.8) is 0 Å². The molecule has 0 amide bonds. The quantitative estimate of drug-likeness (QED) is 0.851. The molecule has 2 aromatic heterocycles. The van der Waals surface area contributed by atoms with E-state index in [9.17, 15) is 4.79 Å². The van der Waals surface area contributed by atoms with Gasteiger partial charge in [0.2, 0.25) is 5.13 Å². The largest absolute Gasteiger partial charge is 0.373 e. The SMILES string of the molecule is CCc1nsc(N2CCOC(CNc3nccn(C)c3=O)C2)n1. The lowest BCUT2D eigenvalue weighted by atomic mass is 10.3. The van der Waals surface area contributed by atoms with Crippen LogP contribution in [0.1, 0.15) is 12.7 Å². The number of anilines is 2. The van der Waals surface area contributed by atoms with E-state index in [0.29, 0.717) is 19.0 Å². The van der Waals surface area contributed by atoms with Crippen molar-refractivity contribution < 1.29 is 4.74 Å². The smallest absolute Gasteiger partial charge is 0.293 e. The highest BCUT2D eigenvalue weighted by Gasteiger charge is 2.23. The van der Waals surface area contributed by atoms with Crippen LogP contribution in [0.15, 0.2) is 17.2 Å². The second kappa shape index (κ2) is 7.05. The number of nitrogens with zero attached hydrogens (tertiary/aromatic N) is 5. The van der Waals surface area contributed by atoms with Gasteiger partial charge in [0.25, 0.3) is 5.56 Å². The van der Waals surface area contributed by atoms with Crippen LogP contribution in [0, 0.1) is 0 Å². The molecule has 1 unspecified atom stereocenters. The normalized spacial score (nSPS) is 18.2. The number of ether oxygens (including phenoxy) is 1. The van der Waals surface area contributed by atoms with Crippen molar-refractivity contribution >= 4 is 22.5 Å². The lowest BCUT2D eigenvalue weighted by molar-refractivity contribution is 0.0492. The lowest BCUT2D eigenvalue weighted by Crippen LogP contribution is -2.45. The van der Waals surface area contributed by atoms with E-state index in [1.165, 1.54) is 16.1 Å². The molecule has 3 rings (SSSR count). The van der Waals surface area contributed by atoms with E-state index < -0.39 is 0 Å². The molecule has 23 heavy (non-hydrogen) atoms. The lowest BCUT2D eigenvalue weighted by Gasteiger charge is -2.32. The van der Waals surface area contributed by atoms with Gasteiger partial charge in [-0.1, -0.05) is 6.92 Å². The number of aryl methyl sites for hydroxylation is 2. The van der Waals surface area contributed by atoms with Crippen molar-refractivity contribution in [2.45, 2.75) is 19.4 Å². The monoisotopic (exact) mass is 336 g/mol. The number of aromatic nitrogens is 4. The van der Waals surface area contributed by atoms with Crippen molar-refractivity contribution in [3.8, 4) is 0 Å². The molecule has 1 aliphatic rings. The van der Waals surface area contributed by atoms with Gasteiger partial charge in [0.15, 0.2) is 5.82 Å². The third kappa shape index (κ3) is 3.67. The van der Waals surface area contributed by atoms with E-state index in [-0.39, 0.29) is 11.7 Å². The molecule has 0 spiro atoms. The van der Waals surface area contributed by atoms with Gasteiger partial charge < -0.3 is 19.5 Å². The van der Waals surface area contributed by atoms with Crippen molar-refractivity contribution in [2.24, 2.45) is 7.05 Å². The van der Waals surface area contributed by atoms with E-state index in [1.807, 2.05) is 6.92 Å². The number of hydrogen-bond donors (Lipinski definition) is 1. The van der Waals surface area contributed by atoms with Crippen molar-refractivity contribution in [3.05, 3.63) is 28.6 Å². The minimum absolute atomic E-state index is 0.0237. The number of morpholine rings is 1. The second-order valence-corrected chi connectivity index (χ2v) is 6.09. The van der Waals surface area contributed by atoms with Gasteiger partial charge >= 0.3 is 0 Å². The summed E-state index contributed by atoms with van der Waals surface area (Å²) in [5.74, 6) is 1.23. The summed E-state index contributed by atoms with van der Waals surface area (Å²) in [6.45, 7) is 4.74. The van der Waals surface area contributed by atoms with E-state index in [0.717, 1.165) is 30.5 Å². The summed E-state index contributed by atoms with van der Waals surface area (Å²) in [5.41, 5.74) is -0.142. The molecule has 1 fully saturated rings. The van der Waals surface area contributed by atoms with Crippen LogP contribution in [-0.4, -0.2) is 51.3 Å². The van der Waals surface area contributed by atoms with Crippen LogP contribution < -0.4 is 15.8 Å². The topological polar surface area (TPSA) is 85.2 Å². The third-order valence-electron chi connectivity index (χ3n) is 3.70. The van der Waals surface area contributed by atoms with Crippen LogP contribution in [0.2, 0.25) is 0 Å². The molecule has 1 atom stereocenters. The highest BCUT2D eigenvalue weighted by atomic mass is 32.1. The summed E-state index contributed by atoms with van der Waals surface area (Å²) in [6.07, 6.45) is 4.05. The minimum Gasteiger partial charge on any atom is -0.373 e. The van der Waals surface area contributed by atoms with Gasteiger partial charge in [-0.3, -0.25) is 4.79 Å². The Bertz CT molecular complexity index is 715. The van der Waals surface area contributed by atoms with Crippen LogP contribution in [0.25, 0.3) is 0 Å². The molecule has 0 aromatic carbocycles. The van der Waals surface area contributed by atoms with E-state index in [4.69, 9.17) is 4.74 Å². The van der Waals surface area contributed by atoms with Crippen LogP contribution in [-0.2, 0) is 18.2 Å². The molecule has 124 valence electrons. The summed E-state index contributed by atoms with van der Waals surface area (Å²) in [5, 5.41) is 4.02. The fourth-order valence-electron chi connectivity index (χ4n) is 2.36. The first-order valence-corrected chi connectivity index (χ1v) is 8.39. The van der Waals surface area contributed by atoms with Gasteiger partial charge in [0.05, 0.1) is 12.7 Å². The molecule has 1 saturated heterocycles. The van der Waals surface area contributed by atoms with E-state index in [2.05, 4.69) is 24.6 Å². The number of rotatable bonds is 5. The molecule has 0 radical (unpaired) electrons. The Morgan fingerprint density at radius 1 is 1.52 bits per heavy atom. The summed E-state index contributed by atoms with van der Waals surface area (Å²) >= 11 is 1.42. The summed E-state index contributed by atoms with van der Waals surface area (Å²) < 4.78 is 11.6. The summed E-state index contributed by atoms with van der Waals surface area (Å²) in [6, 6.07) is 0. The Balaban J connectivity index is 1.60. The number of hydrogen-bond acceptors (Lipinski definition) is 8. The Hall–Kier alpha value is -2.00. The van der Waals surface area contributed by atoms with Gasteiger partial charge in [-0.15, -0.1) is 0 Å². The van der Waals surface area contributed by atoms with Crippen molar-refractivity contribution in [2.75, 3.05) is 36.5 Å². The van der Waals surface area contributed by atoms with Gasteiger partial charge in [-0.05, 0) is 0 Å². The fraction of sp³-hybridized carbons (Fsp3) is 0.571. The van der Waals surface area contributed by atoms with Crippen molar-refractivity contribution in [1.82, 2.24) is 18.9 Å². The highest BCUT2D eigenvalue weighted by Crippen LogP contribution is 2.20. The zero-order chi connectivity index (χ0) is 16.2. The molecular formula is C14H20N6O2S. The second-order valence-electron chi connectivity index (χ2n) is 5.36. The van der Waals surface area contributed by atoms with Crippen molar-refractivity contribution in [1.29, 1.82) is 0 Å². The Labute approximate surface area is 138 Å². The predicted octanol–water partition coefficient (Wildman–Crippen LogP) is 0.512. The first-order chi connectivity index (χ1) is 11.2. The molecule has 0 saturated carbocycles. The van der Waals surface area contributed by atoms with Gasteiger partial charge in [-0.25, -0.2) is 9.97 Å². The first-order valence-electron chi connectivity index (χ1n) is 7.62. The minimum atomic E-state index is -0.142. The van der Waals surface area contributed by atoms with Gasteiger partial charge in [0.1, 0.15) is 5.82 Å². The molecule has 0 bridgehead atoms. The van der Waals surface area contributed by atoms with Crippen LogP contribution in [0.5, 0.6) is 0 Å². The molecular weight excluding hydrogens is 316 g/mol. The standard InChI is InChI=1S/C14H20N6O2S/c1-3-11-17-14(23-18-11)20-6-7-22-10(9-20)8-16-12-13(21)19(2)5-4-15-12/h4-5,10H,3,6-9H2,1-2H3,(H,15,16). The zero-order valence-electron chi connectivity index (χ0n) is 13.2. The maximum atomic E-state index is 11.9. The fourth-order valence-corrected chi connectivity index (χ4v) is 3.15. The molecule has 9 heteroatoms. The Kier molecular flexibility index (Phi) is 4.87. The van der Waals surface area contributed by atoms with E-state index >= 15 is 0 Å². The summed E-state index contributed by atoms with van der Waals surface area (Å²) in [7, 11) is 1.70. The average molecular weight is 336 g/mol. The molecule has 8 nitrogen and oxygen atoms in total. The Morgan fingerprint density at radius 3 is 3.17 bits per heavy atom. The van der Waals surface area contributed by atoms with Crippen LogP contribution in [0.3, 0.4) is 0 Å². The van der Waals surface area contributed by atoms with Gasteiger partial charge in [-0.2, -0.15) is 4.37 Å². The van der Waals surface area contributed by atoms with Crippen LogP contribution in [0.4, 0.5) is 10.9 Å². The maximum absolute atomic E-state index is 11.9. The molecule has 0 aliphatic carbocycles. The molecule has 1 aliphatic heterocycles.